The molecule has 4 aliphatic carbocycles. The summed E-state index contributed by atoms with van der Waals surface area (Å²) < 4.78 is 0. The summed E-state index contributed by atoms with van der Waals surface area (Å²) in [7, 11) is 0. The summed E-state index contributed by atoms with van der Waals surface area (Å²) in [5.74, 6) is 1.68. The normalized spacial score (nSPS) is 44.9. The number of hydrogen-bond acceptors (Lipinski definition) is 2. The molecule has 2 N–H and O–H groups in total. The molecule has 3 heteroatoms. The molecule has 4 rings (SSSR count). The lowest BCUT2D eigenvalue weighted by Gasteiger charge is -2.58. The van der Waals surface area contributed by atoms with E-state index in [0.717, 1.165) is 37.0 Å². The molecule has 17 heavy (non-hydrogen) atoms. The number of carboxylic acids is 1. The zero-order valence-corrected chi connectivity index (χ0v) is 10.3. The van der Waals surface area contributed by atoms with Gasteiger partial charge in [-0.3, -0.25) is 4.79 Å². The van der Waals surface area contributed by atoms with Crippen molar-refractivity contribution in [3.8, 4) is 0 Å². The molecule has 0 amide bonds. The molecule has 4 fully saturated rings. The average Bonchev–Trinajstić information content (AvgIpc) is 2.23. The highest BCUT2D eigenvalue weighted by atomic mass is 16.4. The van der Waals surface area contributed by atoms with Crippen LogP contribution >= 0.6 is 0 Å². The third kappa shape index (κ3) is 1.99. The van der Waals surface area contributed by atoms with Gasteiger partial charge in [-0.25, -0.2) is 0 Å². The molecule has 4 aliphatic rings. The van der Waals surface area contributed by atoms with E-state index in [-0.39, 0.29) is 17.9 Å². The van der Waals surface area contributed by atoms with Crippen LogP contribution < -0.4 is 0 Å². The second kappa shape index (κ2) is 3.98. The number of rotatable bonds is 4. The first-order valence-electron chi connectivity index (χ1n) is 6.97. The van der Waals surface area contributed by atoms with Crippen molar-refractivity contribution in [2.75, 3.05) is 0 Å². The minimum absolute atomic E-state index is 0.0875. The van der Waals surface area contributed by atoms with E-state index in [0.29, 0.717) is 6.42 Å². The van der Waals surface area contributed by atoms with Crippen LogP contribution in [0.25, 0.3) is 0 Å². The lowest BCUT2D eigenvalue weighted by atomic mass is 9.48. The van der Waals surface area contributed by atoms with E-state index in [9.17, 15) is 9.90 Å². The van der Waals surface area contributed by atoms with Gasteiger partial charge in [0.1, 0.15) is 0 Å². The van der Waals surface area contributed by atoms with E-state index in [1.165, 1.54) is 19.3 Å². The second-order valence-corrected chi connectivity index (χ2v) is 6.73. The van der Waals surface area contributed by atoms with E-state index < -0.39 is 5.97 Å². The molecule has 0 aliphatic heterocycles. The second-order valence-electron chi connectivity index (χ2n) is 6.73. The van der Waals surface area contributed by atoms with Crippen molar-refractivity contribution in [2.45, 2.75) is 57.5 Å². The Morgan fingerprint density at radius 3 is 2.00 bits per heavy atom. The number of carbonyl (C=O) groups is 1. The van der Waals surface area contributed by atoms with Crippen LogP contribution in [0, 0.1) is 23.2 Å². The van der Waals surface area contributed by atoms with Gasteiger partial charge in [-0.2, -0.15) is 0 Å². The van der Waals surface area contributed by atoms with Crippen LogP contribution in [0.2, 0.25) is 0 Å². The molecule has 0 radical (unpaired) electrons. The first-order valence-corrected chi connectivity index (χ1v) is 6.97. The SMILES string of the molecule is O=C(O)CCC(O)C12CC3CC(CC(C3)C1)C2. The van der Waals surface area contributed by atoms with Gasteiger partial charge in [0.15, 0.2) is 0 Å². The third-order valence-electron chi connectivity index (χ3n) is 5.42. The highest BCUT2D eigenvalue weighted by Crippen LogP contribution is 2.61. The molecule has 0 saturated heterocycles. The number of hydrogen-bond donors (Lipinski definition) is 2. The smallest absolute Gasteiger partial charge is 0.303 e. The van der Waals surface area contributed by atoms with Crippen LogP contribution in [0.15, 0.2) is 0 Å². The summed E-state index contributed by atoms with van der Waals surface area (Å²) in [5.41, 5.74) is 0.0875. The molecule has 3 nitrogen and oxygen atoms in total. The summed E-state index contributed by atoms with van der Waals surface area (Å²) in [6.07, 6.45) is 7.73. The Balaban J connectivity index is 1.70. The zero-order chi connectivity index (χ0) is 12.0. The minimum Gasteiger partial charge on any atom is -0.481 e. The molecule has 0 heterocycles. The maximum atomic E-state index is 10.6. The van der Waals surface area contributed by atoms with Crippen LogP contribution in [0.4, 0.5) is 0 Å². The Bertz CT molecular complexity index is 288. The van der Waals surface area contributed by atoms with Crippen molar-refractivity contribution in [1.82, 2.24) is 0 Å². The number of aliphatic carboxylic acids is 1. The Kier molecular flexibility index (Phi) is 2.69. The fraction of sp³-hybridized carbons (Fsp3) is 0.929. The van der Waals surface area contributed by atoms with Gasteiger partial charge < -0.3 is 10.2 Å². The molecule has 0 spiro atoms. The third-order valence-corrected chi connectivity index (χ3v) is 5.42. The summed E-state index contributed by atoms with van der Waals surface area (Å²) in [6, 6.07) is 0. The quantitative estimate of drug-likeness (QED) is 0.791. The summed E-state index contributed by atoms with van der Waals surface area (Å²) >= 11 is 0. The summed E-state index contributed by atoms with van der Waals surface area (Å²) in [5, 5.41) is 19.1. The predicted octanol–water partition coefficient (Wildman–Crippen LogP) is 2.43. The van der Waals surface area contributed by atoms with Gasteiger partial charge >= 0.3 is 5.97 Å². The van der Waals surface area contributed by atoms with Crippen LogP contribution in [-0.2, 0) is 4.79 Å². The topological polar surface area (TPSA) is 57.5 Å². The minimum atomic E-state index is -0.784. The highest BCUT2D eigenvalue weighted by Gasteiger charge is 2.53. The van der Waals surface area contributed by atoms with Crippen molar-refractivity contribution >= 4 is 5.97 Å². The number of carboxylic acid groups (broad SMARTS) is 1. The van der Waals surface area contributed by atoms with Crippen molar-refractivity contribution in [3.63, 3.8) is 0 Å². The highest BCUT2D eigenvalue weighted by molar-refractivity contribution is 5.66. The molecule has 4 bridgehead atoms. The van der Waals surface area contributed by atoms with E-state index in [2.05, 4.69) is 0 Å². The summed E-state index contributed by atoms with van der Waals surface area (Å²) in [4.78, 5) is 10.6. The van der Waals surface area contributed by atoms with Crippen molar-refractivity contribution < 1.29 is 15.0 Å². The van der Waals surface area contributed by atoms with Gasteiger partial charge in [0, 0.05) is 6.42 Å². The lowest BCUT2D eigenvalue weighted by molar-refractivity contribution is -0.142. The van der Waals surface area contributed by atoms with Crippen molar-refractivity contribution in [1.29, 1.82) is 0 Å². The molecule has 0 aromatic heterocycles. The Hall–Kier alpha value is -0.570. The molecule has 1 atom stereocenters. The number of aliphatic hydroxyl groups excluding tert-OH is 1. The van der Waals surface area contributed by atoms with Crippen LogP contribution in [0.3, 0.4) is 0 Å². The summed E-state index contributed by atoms with van der Waals surface area (Å²) in [6.45, 7) is 0. The van der Waals surface area contributed by atoms with Gasteiger partial charge in [-0.1, -0.05) is 0 Å². The van der Waals surface area contributed by atoms with Gasteiger partial charge in [0.05, 0.1) is 6.10 Å². The maximum absolute atomic E-state index is 10.6. The molecule has 0 aromatic rings. The van der Waals surface area contributed by atoms with Crippen molar-refractivity contribution in [3.05, 3.63) is 0 Å². The fourth-order valence-corrected chi connectivity index (χ4v) is 5.15. The van der Waals surface area contributed by atoms with Gasteiger partial charge in [0.25, 0.3) is 0 Å². The maximum Gasteiger partial charge on any atom is 0.303 e. The van der Waals surface area contributed by atoms with Gasteiger partial charge in [-0.05, 0) is 68.1 Å². The van der Waals surface area contributed by atoms with E-state index in [1.807, 2.05) is 0 Å². The molecular formula is C14H22O3. The zero-order valence-electron chi connectivity index (χ0n) is 10.3. The van der Waals surface area contributed by atoms with Crippen LogP contribution in [-0.4, -0.2) is 22.3 Å². The molecule has 96 valence electrons. The van der Waals surface area contributed by atoms with Crippen molar-refractivity contribution in [2.24, 2.45) is 23.2 Å². The molecule has 1 unspecified atom stereocenters. The average molecular weight is 238 g/mol. The monoisotopic (exact) mass is 238 g/mol. The van der Waals surface area contributed by atoms with Crippen LogP contribution in [0.5, 0.6) is 0 Å². The Labute approximate surface area is 102 Å². The van der Waals surface area contributed by atoms with Crippen LogP contribution in [0.1, 0.15) is 51.4 Å². The van der Waals surface area contributed by atoms with E-state index in [1.54, 1.807) is 0 Å². The molecular weight excluding hydrogens is 216 g/mol. The number of aliphatic hydroxyl groups is 1. The van der Waals surface area contributed by atoms with Gasteiger partial charge in [-0.15, -0.1) is 0 Å². The Morgan fingerprint density at radius 2 is 1.59 bits per heavy atom. The largest absolute Gasteiger partial charge is 0.481 e. The fourth-order valence-electron chi connectivity index (χ4n) is 5.15. The van der Waals surface area contributed by atoms with E-state index in [4.69, 9.17) is 5.11 Å². The molecule has 4 saturated carbocycles. The molecule has 0 aromatic carbocycles. The van der Waals surface area contributed by atoms with E-state index >= 15 is 0 Å². The van der Waals surface area contributed by atoms with Gasteiger partial charge in [0.2, 0.25) is 0 Å². The predicted molar refractivity (Wildman–Crippen MR) is 63.5 cm³/mol. The standard InChI is InChI=1S/C14H22O3/c15-12(1-2-13(16)17)14-6-9-3-10(7-14)5-11(4-9)8-14/h9-12,15H,1-8H2,(H,16,17). The first kappa shape index (κ1) is 11.5. The Morgan fingerprint density at radius 1 is 1.12 bits per heavy atom. The lowest BCUT2D eigenvalue weighted by Crippen LogP contribution is -2.51. The first-order chi connectivity index (χ1) is 8.07.